The predicted molar refractivity (Wildman–Crippen MR) is 79.4 cm³/mol. The molecule has 0 unspecified atom stereocenters. The summed E-state index contributed by atoms with van der Waals surface area (Å²) >= 11 is 0. The maximum atomic E-state index is 12.0. The first-order valence-electron chi connectivity index (χ1n) is 6.60. The zero-order chi connectivity index (χ0) is 14.8. The first kappa shape index (κ1) is 13.2. The molecule has 3 rings (SSSR count). The van der Waals surface area contributed by atoms with Gasteiger partial charge >= 0.3 is 11.7 Å². The number of carbonyl (C=O) groups is 1. The van der Waals surface area contributed by atoms with Crippen LogP contribution in [0.25, 0.3) is 11.0 Å². The third kappa shape index (κ3) is 2.72. The van der Waals surface area contributed by atoms with Crippen molar-refractivity contribution in [2.75, 3.05) is 0 Å². The van der Waals surface area contributed by atoms with E-state index in [4.69, 9.17) is 5.11 Å². The van der Waals surface area contributed by atoms with Crippen molar-refractivity contribution in [3.05, 3.63) is 70.1 Å². The normalized spacial score (nSPS) is 10.9. The molecular formula is C16H14N2O3. The average molecular weight is 282 g/mol. The standard InChI is InChI=1S/C16H14N2O3/c19-15(20)9-11-4-3-5-12(8-11)10-18-14-7-2-1-6-13(14)17-16(18)21/h1-8H,9-10H2,(H,17,21)(H,19,20). The number of rotatable bonds is 4. The topological polar surface area (TPSA) is 75.1 Å². The molecular weight excluding hydrogens is 268 g/mol. The lowest BCUT2D eigenvalue weighted by Gasteiger charge is -2.05. The zero-order valence-electron chi connectivity index (χ0n) is 11.2. The molecule has 0 radical (unpaired) electrons. The van der Waals surface area contributed by atoms with E-state index in [0.29, 0.717) is 6.54 Å². The largest absolute Gasteiger partial charge is 0.481 e. The molecule has 0 saturated carbocycles. The molecule has 0 bridgehead atoms. The molecule has 0 atom stereocenters. The number of carboxylic acid groups (broad SMARTS) is 1. The highest BCUT2D eigenvalue weighted by molar-refractivity contribution is 5.75. The number of aromatic nitrogens is 2. The van der Waals surface area contributed by atoms with E-state index >= 15 is 0 Å². The summed E-state index contributed by atoms with van der Waals surface area (Å²) in [5, 5.41) is 8.84. The lowest BCUT2D eigenvalue weighted by atomic mass is 10.1. The molecule has 3 aromatic rings. The quantitative estimate of drug-likeness (QED) is 0.768. The molecule has 0 saturated heterocycles. The number of fused-ring (bicyclic) bond motifs is 1. The Hall–Kier alpha value is -2.82. The summed E-state index contributed by atoms with van der Waals surface area (Å²) in [5.74, 6) is -0.864. The van der Waals surface area contributed by atoms with E-state index < -0.39 is 5.97 Å². The first-order valence-corrected chi connectivity index (χ1v) is 6.60. The van der Waals surface area contributed by atoms with Crippen LogP contribution in [-0.4, -0.2) is 20.6 Å². The van der Waals surface area contributed by atoms with Crippen molar-refractivity contribution in [2.45, 2.75) is 13.0 Å². The second kappa shape index (κ2) is 5.28. The van der Waals surface area contributed by atoms with Crippen LogP contribution < -0.4 is 5.69 Å². The van der Waals surface area contributed by atoms with E-state index in [-0.39, 0.29) is 12.1 Å². The van der Waals surface area contributed by atoms with Gasteiger partial charge < -0.3 is 10.1 Å². The maximum absolute atomic E-state index is 12.0. The Balaban J connectivity index is 1.97. The van der Waals surface area contributed by atoms with Crippen LogP contribution in [0.15, 0.2) is 53.3 Å². The van der Waals surface area contributed by atoms with Gasteiger partial charge in [0.25, 0.3) is 0 Å². The lowest BCUT2D eigenvalue weighted by molar-refractivity contribution is -0.136. The Bertz CT molecular complexity index is 861. The number of aromatic amines is 1. The van der Waals surface area contributed by atoms with Gasteiger partial charge in [-0.1, -0.05) is 36.4 Å². The van der Waals surface area contributed by atoms with Gasteiger partial charge in [0.2, 0.25) is 0 Å². The Kier molecular flexibility index (Phi) is 3.31. The number of carboxylic acids is 1. The van der Waals surface area contributed by atoms with E-state index in [1.807, 2.05) is 42.5 Å². The molecule has 0 spiro atoms. The molecule has 106 valence electrons. The summed E-state index contributed by atoms with van der Waals surface area (Å²) in [6, 6.07) is 14.8. The summed E-state index contributed by atoms with van der Waals surface area (Å²) in [6.07, 6.45) is -0.0172. The smallest absolute Gasteiger partial charge is 0.326 e. The number of hydrogen-bond acceptors (Lipinski definition) is 2. The molecule has 5 nitrogen and oxygen atoms in total. The van der Waals surface area contributed by atoms with E-state index in [9.17, 15) is 9.59 Å². The fourth-order valence-electron chi connectivity index (χ4n) is 2.46. The van der Waals surface area contributed by atoms with Crippen molar-refractivity contribution in [3.8, 4) is 0 Å². The van der Waals surface area contributed by atoms with E-state index in [1.165, 1.54) is 0 Å². The van der Waals surface area contributed by atoms with Crippen molar-refractivity contribution in [3.63, 3.8) is 0 Å². The number of nitrogens with one attached hydrogen (secondary N) is 1. The number of hydrogen-bond donors (Lipinski definition) is 2. The Morgan fingerprint density at radius 1 is 1.10 bits per heavy atom. The van der Waals surface area contributed by atoms with Crippen molar-refractivity contribution >= 4 is 17.0 Å². The van der Waals surface area contributed by atoms with Crippen molar-refractivity contribution in [1.82, 2.24) is 9.55 Å². The molecule has 1 heterocycles. The van der Waals surface area contributed by atoms with Crippen LogP contribution in [0.1, 0.15) is 11.1 Å². The number of imidazole rings is 1. The third-order valence-electron chi connectivity index (χ3n) is 3.37. The molecule has 0 aliphatic heterocycles. The van der Waals surface area contributed by atoms with Gasteiger partial charge in [-0.15, -0.1) is 0 Å². The molecule has 21 heavy (non-hydrogen) atoms. The van der Waals surface area contributed by atoms with Crippen molar-refractivity contribution in [2.24, 2.45) is 0 Å². The maximum Gasteiger partial charge on any atom is 0.326 e. The molecule has 0 aliphatic rings. The second-order valence-corrected chi connectivity index (χ2v) is 4.92. The zero-order valence-corrected chi connectivity index (χ0v) is 11.2. The van der Waals surface area contributed by atoms with E-state index in [1.54, 1.807) is 10.6 Å². The van der Waals surface area contributed by atoms with Crippen molar-refractivity contribution < 1.29 is 9.90 Å². The minimum atomic E-state index is -0.864. The van der Waals surface area contributed by atoms with E-state index in [0.717, 1.165) is 22.2 Å². The molecule has 2 N–H and O–H groups in total. The molecule has 0 aliphatic carbocycles. The Labute approximate surface area is 120 Å². The molecule has 0 fully saturated rings. The highest BCUT2D eigenvalue weighted by atomic mass is 16.4. The monoisotopic (exact) mass is 282 g/mol. The van der Waals surface area contributed by atoms with Gasteiger partial charge in [-0.25, -0.2) is 4.79 Å². The van der Waals surface area contributed by atoms with Crippen molar-refractivity contribution in [1.29, 1.82) is 0 Å². The van der Waals surface area contributed by atoms with Gasteiger partial charge in [0.15, 0.2) is 0 Å². The molecule has 5 heteroatoms. The summed E-state index contributed by atoms with van der Waals surface area (Å²) in [5.41, 5.74) is 3.10. The third-order valence-corrected chi connectivity index (χ3v) is 3.37. The van der Waals surface area contributed by atoms with Gasteiger partial charge in [0.1, 0.15) is 0 Å². The highest BCUT2D eigenvalue weighted by Gasteiger charge is 2.07. The number of benzene rings is 2. The Morgan fingerprint density at radius 3 is 2.67 bits per heavy atom. The summed E-state index contributed by atoms with van der Waals surface area (Å²) in [4.78, 5) is 25.6. The van der Waals surface area contributed by atoms with Gasteiger partial charge in [0, 0.05) is 0 Å². The minimum Gasteiger partial charge on any atom is -0.481 e. The molecule has 2 aromatic carbocycles. The lowest BCUT2D eigenvalue weighted by Crippen LogP contribution is -2.17. The van der Waals surface area contributed by atoms with Crippen LogP contribution in [0.2, 0.25) is 0 Å². The van der Waals surface area contributed by atoms with Gasteiger partial charge in [0.05, 0.1) is 24.0 Å². The number of para-hydroxylation sites is 2. The van der Waals surface area contributed by atoms with Gasteiger partial charge in [-0.2, -0.15) is 0 Å². The minimum absolute atomic E-state index is 0.0172. The van der Waals surface area contributed by atoms with Crippen LogP contribution in [0.5, 0.6) is 0 Å². The van der Waals surface area contributed by atoms with Gasteiger partial charge in [-0.05, 0) is 23.3 Å². The Morgan fingerprint density at radius 2 is 1.86 bits per heavy atom. The summed E-state index contributed by atoms with van der Waals surface area (Å²) < 4.78 is 1.65. The van der Waals surface area contributed by atoms with Gasteiger partial charge in [-0.3, -0.25) is 9.36 Å². The molecule has 1 aromatic heterocycles. The molecule has 0 amide bonds. The summed E-state index contributed by atoms with van der Waals surface area (Å²) in [6.45, 7) is 0.413. The number of nitrogens with zero attached hydrogens (tertiary/aromatic N) is 1. The fourth-order valence-corrected chi connectivity index (χ4v) is 2.46. The highest BCUT2D eigenvalue weighted by Crippen LogP contribution is 2.13. The first-order chi connectivity index (χ1) is 10.1. The predicted octanol–water partition coefficient (Wildman–Crippen LogP) is 2.00. The van der Waals surface area contributed by atoms with Crippen LogP contribution in [0.3, 0.4) is 0 Å². The number of aliphatic carboxylic acids is 1. The van der Waals surface area contributed by atoms with Crippen LogP contribution in [-0.2, 0) is 17.8 Å². The van der Waals surface area contributed by atoms with Crippen LogP contribution in [0, 0.1) is 0 Å². The summed E-state index contributed by atoms with van der Waals surface area (Å²) in [7, 11) is 0. The average Bonchev–Trinajstić information content (AvgIpc) is 2.75. The second-order valence-electron chi connectivity index (χ2n) is 4.92. The fraction of sp³-hybridized carbons (Fsp3) is 0.125. The van der Waals surface area contributed by atoms with E-state index in [2.05, 4.69) is 4.98 Å². The SMILES string of the molecule is O=C(O)Cc1cccc(Cn2c(=O)[nH]c3ccccc32)c1. The van der Waals surface area contributed by atoms with Crippen LogP contribution >= 0.6 is 0 Å². The van der Waals surface area contributed by atoms with Crippen LogP contribution in [0.4, 0.5) is 0 Å². The number of H-pyrrole nitrogens is 1.